The summed E-state index contributed by atoms with van der Waals surface area (Å²) in [6, 6.07) is 12.1. The van der Waals surface area contributed by atoms with E-state index in [4.69, 9.17) is 9.47 Å². The van der Waals surface area contributed by atoms with Gasteiger partial charge in [-0.15, -0.1) is 24.0 Å². The molecule has 0 saturated carbocycles. The lowest BCUT2D eigenvalue weighted by Crippen LogP contribution is -2.38. The van der Waals surface area contributed by atoms with E-state index in [2.05, 4.69) is 26.3 Å². The molecule has 0 amide bonds. The monoisotopic (exact) mass is 458 g/mol. The number of methoxy groups -OCH3 is 1. The summed E-state index contributed by atoms with van der Waals surface area (Å²) in [7, 11) is 3.44. The average molecular weight is 458 g/mol. The molecule has 0 bridgehead atoms. The predicted molar refractivity (Wildman–Crippen MR) is 112 cm³/mol. The van der Waals surface area contributed by atoms with Crippen LogP contribution in [-0.2, 0) is 17.8 Å². The molecule has 25 heavy (non-hydrogen) atoms. The first-order valence-electron chi connectivity index (χ1n) is 8.08. The zero-order chi connectivity index (χ0) is 17.0. The summed E-state index contributed by atoms with van der Waals surface area (Å²) >= 11 is 0. The summed E-state index contributed by atoms with van der Waals surface area (Å²) in [5, 5.41) is 6.61. The van der Waals surface area contributed by atoms with Crippen molar-refractivity contribution in [3.63, 3.8) is 0 Å². The van der Waals surface area contributed by atoms with Crippen LogP contribution in [0.25, 0.3) is 0 Å². The van der Waals surface area contributed by atoms with Gasteiger partial charge in [-0.2, -0.15) is 0 Å². The third kappa shape index (κ3) is 8.26. The highest BCUT2D eigenvalue weighted by Crippen LogP contribution is 2.13. The van der Waals surface area contributed by atoms with Crippen molar-refractivity contribution in [2.45, 2.75) is 13.1 Å². The number of hydrogen-bond acceptors (Lipinski definition) is 3. The molecule has 0 unspecified atom stereocenters. The maximum absolute atomic E-state index is 5.63. The lowest BCUT2D eigenvalue weighted by molar-refractivity contribution is 0.146. The molecule has 138 valence electrons. The summed E-state index contributed by atoms with van der Waals surface area (Å²) in [5.74, 6) is 1.63. The van der Waals surface area contributed by atoms with Gasteiger partial charge >= 0.3 is 0 Å². The van der Waals surface area contributed by atoms with Crippen molar-refractivity contribution >= 4 is 29.9 Å². The van der Waals surface area contributed by atoms with Crippen LogP contribution in [0.3, 0.4) is 0 Å². The van der Waals surface area contributed by atoms with Gasteiger partial charge in [-0.25, -0.2) is 0 Å². The molecule has 1 aromatic carbocycles. The topological polar surface area (TPSA) is 59.8 Å². The van der Waals surface area contributed by atoms with E-state index in [9.17, 15) is 0 Å². The average Bonchev–Trinajstić information content (AvgIpc) is 3.12. The smallest absolute Gasteiger partial charge is 0.191 e. The van der Waals surface area contributed by atoms with E-state index in [0.717, 1.165) is 30.4 Å². The van der Waals surface area contributed by atoms with Crippen LogP contribution >= 0.6 is 24.0 Å². The fourth-order valence-electron chi connectivity index (χ4n) is 2.22. The number of nitrogens with zero attached hydrogens (tertiary/aromatic N) is 2. The number of ether oxygens (including phenoxy) is 2. The lowest BCUT2D eigenvalue weighted by atomic mass is 10.2. The number of guanidine groups is 1. The van der Waals surface area contributed by atoms with E-state index in [1.807, 2.05) is 42.7 Å². The van der Waals surface area contributed by atoms with Crippen molar-refractivity contribution in [1.29, 1.82) is 0 Å². The Bertz CT molecular complexity index is 617. The summed E-state index contributed by atoms with van der Waals surface area (Å²) in [4.78, 5) is 4.24. The van der Waals surface area contributed by atoms with E-state index >= 15 is 0 Å². The van der Waals surface area contributed by atoms with Gasteiger partial charge in [-0.3, -0.25) is 4.99 Å². The van der Waals surface area contributed by atoms with E-state index < -0.39 is 0 Å². The maximum atomic E-state index is 5.63. The second-order valence-corrected chi connectivity index (χ2v) is 5.26. The molecule has 0 aliphatic heterocycles. The van der Waals surface area contributed by atoms with E-state index in [1.54, 1.807) is 14.2 Å². The van der Waals surface area contributed by atoms with Crippen LogP contribution in [0.2, 0.25) is 0 Å². The third-order valence-electron chi connectivity index (χ3n) is 3.47. The Hall–Kier alpha value is -1.74. The third-order valence-corrected chi connectivity index (χ3v) is 3.47. The van der Waals surface area contributed by atoms with Gasteiger partial charge in [0, 0.05) is 46.2 Å². The quantitative estimate of drug-likeness (QED) is 0.263. The zero-order valence-corrected chi connectivity index (χ0v) is 17.1. The highest BCUT2D eigenvalue weighted by atomic mass is 127. The summed E-state index contributed by atoms with van der Waals surface area (Å²) in [6.45, 7) is 3.53. The van der Waals surface area contributed by atoms with Crippen LogP contribution < -0.4 is 15.4 Å². The van der Waals surface area contributed by atoms with Crippen molar-refractivity contribution in [2.75, 3.05) is 33.9 Å². The number of rotatable bonds is 9. The van der Waals surface area contributed by atoms with Crippen molar-refractivity contribution in [1.82, 2.24) is 15.2 Å². The molecule has 0 atom stereocenters. The molecule has 6 nitrogen and oxygen atoms in total. The van der Waals surface area contributed by atoms with Gasteiger partial charge < -0.3 is 24.7 Å². The van der Waals surface area contributed by atoms with Gasteiger partial charge in [0.2, 0.25) is 0 Å². The Morgan fingerprint density at radius 2 is 1.92 bits per heavy atom. The molecule has 0 spiro atoms. The zero-order valence-electron chi connectivity index (χ0n) is 14.8. The van der Waals surface area contributed by atoms with Crippen molar-refractivity contribution in [2.24, 2.45) is 4.99 Å². The van der Waals surface area contributed by atoms with Crippen LogP contribution in [0.4, 0.5) is 0 Å². The number of aliphatic imine (C=N–C) groups is 1. The fraction of sp³-hybridized carbons (Fsp3) is 0.389. The number of hydrogen-bond donors (Lipinski definition) is 2. The highest BCUT2D eigenvalue weighted by molar-refractivity contribution is 14.0. The first-order chi connectivity index (χ1) is 11.8. The van der Waals surface area contributed by atoms with Crippen LogP contribution in [0, 0.1) is 0 Å². The standard InChI is InChI=1S/C18H26N4O2.HI/c1-19-18(20-8-11-22-9-3-4-10-22)21-15-16-6-5-7-17(14-16)24-13-12-23-2;/h3-7,9-10,14H,8,11-13,15H2,1-2H3,(H2,19,20,21);1H. The van der Waals surface area contributed by atoms with Crippen LogP contribution in [0.1, 0.15) is 5.56 Å². The molecule has 0 saturated heterocycles. The van der Waals surface area contributed by atoms with Gasteiger partial charge in [0.05, 0.1) is 6.61 Å². The van der Waals surface area contributed by atoms with Gasteiger partial charge in [0.25, 0.3) is 0 Å². The van der Waals surface area contributed by atoms with E-state index in [1.165, 1.54) is 0 Å². The second kappa shape index (κ2) is 12.6. The Labute approximate surface area is 166 Å². The largest absolute Gasteiger partial charge is 0.491 e. The minimum Gasteiger partial charge on any atom is -0.491 e. The summed E-state index contributed by atoms with van der Waals surface area (Å²) in [6.07, 6.45) is 4.10. The Kier molecular flexibility index (Phi) is 10.7. The number of nitrogens with one attached hydrogen (secondary N) is 2. The molecule has 0 fully saturated rings. The lowest BCUT2D eigenvalue weighted by Gasteiger charge is -2.13. The first kappa shape index (κ1) is 21.3. The molecule has 0 aliphatic carbocycles. The van der Waals surface area contributed by atoms with Gasteiger partial charge in [0.1, 0.15) is 12.4 Å². The summed E-state index contributed by atoms with van der Waals surface area (Å²) in [5.41, 5.74) is 1.14. The van der Waals surface area contributed by atoms with Gasteiger partial charge in [-0.05, 0) is 29.8 Å². The van der Waals surface area contributed by atoms with Crippen molar-refractivity contribution in [3.05, 3.63) is 54.4 Å². The normalized spacial score (nSPS) is 10.9. The number of aromatic nitrogens is 1. The van der Waals surface area contributed by atoms with E-state index in [-0.39, 0.29) is 24.0 Å². The van der Waals surface area contributed by atoms with Gasteiger partial charge in [-0.1, -0.05) is 12.1 Å². The molecule has 0 aliphatic rings. The fourth-order valence-corrected chi connectivity index (χ4v) is 2.22. The van der Waals surface area contributed by atoms with Crippen molar-refractivity contribution in [3.8, 4) is 5.75 Å². The number of halogens is 1. The molecular weight excluding hydrogens is 431 g/mol. The number of benzene rings is 1. The minimum atomic E-state index is 0. The predicted octanol–water partition coefficient (Wildman–Crippen LogP) is 2.50. The van der Waals surface area contributed by atoms with E-state index in [0.29, 0.717) is 19.8 Å². The Morgan fingerprint density at radius 3 is 2.64 bits per heavy atom. The van der Waals surface area contributed by atoms with Crippen molar-refractivity contribution < 1.29 is 9.47 Å². The molecule has 2 N–H and O–H groups in total. The second-order valence-electron chi connectivity index (χ2n) is 5.26. The van der Waals surface area contributed by atoms with Crippen LogP contribution in [0.15, 0.2) is 53.8 Å². The summed E-state index contributed by atoms with van der Waals surface area (Å²) < 4.78 is 12.7. The van der Waals surface area contributed by atoms with Crippen LogP contribution in [0.5, 0.6) is 5.75 Å². The first-order valence-corrected chi connectivity index (χ1v) is 8.08. The molecule has 2 rings (SSSR count). The van der Waals surface area contributed by atoms with Gasteiger partial charge in [0.15, 0.2) is 5.96 Å². The molecule has 0 radical (unpaired) electrons. The molecule has 7 heteroatoms. The minimum absolute atomic E-state index is 0. The Balaban J connectivity index is 0.00000312. The van der Waals surface area contributed by atoms with Crippen LogP contribution in [-0.4, -0.2) is 44.4 Å². The SMILES string of the molecule is CN=C(NCCn1cccc1)NCc1cccc(OCCOC)c1.I. The highest BCUT2D eigenvalue weighted by Gasteiger charge is 2.00. The molecular formula is C18H27IN4O2. The maximum Gasteiger partial charge on any atom is 0.191 e. The molecule has 1 aromatic heterocycles. The molecule has 1 heterocycles. The molecule has 2 aromatic rings. The Morgan fingerprint density at radius 1 is 1.12 bits per heavy atom.